The topological polar surface area (TPSA) is 62.9 Å². The summed E-state index contributed by atoms with van der Waals surface area (Å²) >= 11 is 0. The van der Waals surface area contributed by atoms with E-state index in [1.54, 1.807) is 13.0 Å². The number of ether oxygens (including phenoxy) is 1. The fraction of sp³-hybridized carbons (Fsp3) is 0.615. The van der Waals surface area contributed by atoms with Crippen molar-refractivity contribution in [3.8, 4) is 0 Å². The molecule has 18 heavy (non-hydrogen) atoms. The van der Waals surface area contributed by atoms with Crippen LogP contribution in [0.3, 0.4) is 0 Å². The molecule has 0 aromatic carbocycles. The summed E-state index contributed by atoms with van der Waals surface area (Å²) < 4.78 is 11.0. The van der Waals surface area contributed by atoms with Gasteiger partial charge in [-0.3, -0.25) is 4.90 Å². The SMILES string of the molecule is CCC1CN(Cc2cc(C)c(C(=O)O)o2)CCO1. The molecule has 0 bridgehead atoms. The van der Waals surface area contributed by atoms with Crippen molar-refractivity contribution in [3.63, 3.8) is 0 Å². The Kier molecular flexibility index (Phi) is 4.04. The van der Waals surface area contributed by atoms with E-state index >= 15 is 0 Å². The van der Waals surface area contributed by atoms with E-state index in [-0.39, 0.29) is 11.9 Å². The van der Waals surface area contributed by atoms with Crippen molar-refractivity contribution in [2.75, 3.05) is 19.7 Å². The van der Waals surface area contributed by atoms with Crippen molar-refractivity contribution in [3.05, 3.63) is 23.2 Å². The maximum atomic E-state index is 10.9. The smallest absolute Gasteiger partial charge is 0.372 e. The molecule has 1 unspecified atom stereocenters. The van der Waals surface area contributed by atoms with Crippen molar-refractivity contribution >= 4 is 5.97 Å². The molecule has 2 heterocycles. The van der Waals surface area contributed by atoms with E-state index in [0.29, 0.717) is 17.9 Å². The van der Waals surface area contributed by atoms with Gasteiger partial charge in [0.15, 0.2) is 0 Å². The molecule has 1 aromatic heterocycles. The number of carboxylic acids is 1. The summed E-state index contributed by atoms with van der Waals surface area (Å²) in [6, 6.07) is 1.81. The minimum absolute atomic E-state index is 0.0466. The molecular formula is C13H19NO4. The van der Waals surface area contributed by atoms with Crippen LogP contribution in [0.1, 0.15) is 35.2 Å². The van der Waals surface area contributed by atoms with Crippen LogP contribution in [-0.2, 0) is 11.3 Å². The van der Waals surface area contributed by atoms with Crippen molar-refractivity contribution in [2.24, 2.45) is 0 Å². The van der Waals surface area contributed by atoms with Crippen LogP contribution in [0.5, 0.6) is 0 Å². The molecule has 1 saturated heterocycles. The summed E-state index contributed by atoms with van der Waals surface area (Å²) in [7, 11) is 0. The molecule has 1 N–H and O–H groups in total. The van der Waals surface area contributed by atoms with Crippen LogP contribution in [0.4, 0.5) is 0 Å². The second-order valence-corrected chi connectivity index (χ2v) is 4.67. The fourth-order valence-electron chi connectivity index (χ4n) is 2.23. The highest BCUT2D eigenvalue weighted by Gasteiger charge is 2.21. The second-order valence-electron chi connectivity index (χ2n) is 4.67. The molecule has 1 atom stereocenters. The lowest BCUT2D eigenvalue weighted by atomic mass is 10.2. The standard InChI is InChI=1S/C13H19NO4/c1-3-10-7-14(4-5-17-10)8-11-6-9(2)12(18-11)13(15)16/h6,10H,3-5,7-8H2,1-2H3,(H,15,16). The summed E-state index contributed by atoms with van der Waals surface area (Å²) in [4.78, 5) is 13.1. The fourth-order valence-corrected chi connectivity index (χ4v) is 2.23. The Balaban J connectivity index is 2.00. The average Bonchev–Trinajstić information content (AvgIpc) is 2.70. The maximum Gasteiger partial charge on any atom is 0.372 e. The second kappa shape index (κ2) is 5.54. The molecule has 100 valence electrons. The summed E-state index contributed by atoms with van der Waals surface area (Å²) in [6.07, 6.45) is 1.27. The molecule has 5 nitrogen and oxygen atoms in total. The number of hydrogen-bond donors (Lipinski definition) is 1. The maximum absolute atomic E-state index is 10.9. The number of nitrogens with zero attached hydrogens (tertiary/aromatic N) is 1. The molecule has 1 aromatic rings. The van der Waals surface area contributed by atoms with E-state index in [0.717, 1.165) is 26.1 Å². The lowest BCUT2D eigenvalue weighted by molar-refractivity contribution is -0.0342. The van der Waals surface area contributed by atoms with Gasteiger partial charge in [-0.1, -0.05) is 6.92 Å². The van der Waals surface area contributed by atoms with Gasteiger partial charge in [-0.2, -0.15) is 0 Å². The normalized spacial score (nSPS) is 21.1. The van der Waals surface area contributed by atoms with Crippen LogP contribution in [0.15, 0.2) is 10.5 Å². The molecule has 0 spiro atoms. The number of morpholine rings is 1. The zero-order valence-corrected chi connectivity index (χ0v) is 10.8. The van der Waals surface area contributed by atoms with Crippen molar-refractivity contribution in [1.82, 2.24) is 4.90 Å². The first kappa shape index (κ1) is 13.1. The highest BCUT2D eigenvalue weighted by Crippen LogP contribution is 2.18. The van der Waals surface area contributed by atoms with Gasteiger partial charge in [0, 0.05) is 18.7 Å². The first-order valence-electron chi connectivity index (χ1n) is 6.26. The van der Waals surface area contributed by atoms with Crippen LogP contribution in [0, 0.1) is 6.92 Å². The molecule has 5 heteroatoms. The average molecular weight is 253 g/mol. The number of carbonyl (C=O) groups is 1. The van der Waals surface area contributed by atoms with Gasteiger partial charge in [0.05, 0.1) is 19.3 Å². The molecule has 0 aliphatic carbocycles. The summed E-state index contributed by atoms with van der Waals surface area (Å²) in [5, 5.41) is 8.94. The first-order valence-corrected chi connectivity index (χ1v) is 6.26. The third kappa shape index (κ3) is 2.91. The summed E-state index contributed by atoms with van der Waals surface area (Å²) in [6.45, 7) is 6.97. The van der Waals surface area contributed by atoms with E-state index in [1.807, 2.05) is 0 Å². The number of aryl methyl sites for hydroxylation is 1. The molecule has 1 aliphatic heterocycles. The Bertz CT molecular complexity index is 427. The minimum Gasteiger partial charge on any atom is -0.475 e. The Labute approximate surface area is 106 Å². The molecule has 0 amide bonds. The summed E-state index contributed by atoms with van der Waals surface area (Å²) in [5.41, 5.74) is 0.679. The van der Waals surface area contributed by atoms with Gasteiger partial charge in [-0.05, 0) is 19.4 Å². The van der Waals surface area contributed by atoms with Gasteiger partial charge < -0.3 is 14.3 Å². The van der Waals surface area contributed by atoms with Crippen LogP contribution in [-0.4, -0.2) is 41.8 Å². The quantitative estimate of drug-likeness (QED) is 0.887. The zero-order valence-electron chi connectivity index (χ0n) is 10.8. The zero-order chi connectivity index (χ0) is 13.1. The lowest BCUT2D eigenvalue weighted by Gasteiger charge is -2.31. The van der Waals surface area contributed by atoms with E-state index in [4.69, 9.17) is 14.3 Å². The third-order valence-electron chi connectivity index (χ3n) is 3.22. The van der Waals surface area contributed by atoms with Gasteiger partial charge in [0.25, 0.3) is 0 Å². The lowest BCUT2D eigenvalue weighted by Crippen LogP contribution is -2.41. The van der Waals surface area contributed by atoms with Crippen LogP contribution >= 0.6 is 0 Å². The highest BCUT2D eigenvalue weighted by atomic mass is 16.5. The largest absolute Gasteiger partial charge is 0.475 e. The van der Waals surface area contributed by atoms with E-state index in [2.05, 4.69) is 11.8 Å². The molecule has 0 radical (unpaired) electrons. The minimum atomic E-state index is -1.01. The van der Waals surface area contributed by atoms with E-state index < -0.39 is 5.97 Å². The van der Waals surface area contributed by atoms with Gasteiger partial charge in [-0.15, -0.1) is 0 Å². The Morgan fingerprint density at radius 1 is 1.61 bits per heavy atom. The number of rotatable bonds is 4. The van der Waals surface area contributed by atoms with Crippen molar-refractivity contribution < 1.29 is 19.1 Å². The Hall–Kier alpha value is -1.33. The van der Waals surface area contributed by atoms with Gasteiger partial charge in [0.1, 0.15) is 5.76 Å². The van der Waals surface area contributed by atoms with Crippen LogP contribution < -0.4 is 0 Å². The predicted octanol–water partition coefficient (Wildman–Crippen LogP) is 1.90. The highest BCUT2D eigenvalue weighted by molar-refractivity contribution is 5.86. The number of hydrogen-bond acceptors (Lipinski definition) is 4. The predicted molar refractivity (Wildman–Crippen MR) is 65.7 cm³/mol. The van der Waals surface area contributed by atoms with Crippen molar-refractivity contribution in [1.29, 1.82) is 0 Å². The molecule has 2 rings (SSSR count). The number of carboxylic acid groups (broad SMARTS) is 1. The number of furan rings is 1. The summed E-state index contributed by atoms with van der Waals surface area (Å²) in [5.74, 6) is -0.251. The molecular weight excluding hydrogens is 234 g/mol. The van der Waals surface area contributed by atoms with Gasteiger partial charge >= 0.3 is 5.97 Å². The van der Waals surface area contributed by atoms with Gasteiger partial charge in [-0.25, -0.2) is 4.79 Å². The van der Waals surface area contributed by atoms with Crippen LogP contribution in [0.25, 0.3) is 0 Å². The Morgan fingerprint density at radius 2 is 2.39 bits per heavy atom. The number of aromatic carboxylic acids is 1. The van der Waals surface area contributed by atoms with Crippen LogP contribution in [0.2, 0.25) is 0 Å². The van der Waals surface area contributed by atoms with Crippen molar-refractivity contribution in [2.45, 2.75) is 32.9 Å². The van der Waals surface area contributed by atoms with E-state index in [1.165, 1.54) is 0 Å². The third-order valence-corrected chi connectivity index (χ3v) is 3.22. The Morgan fingerprint density at radius 3 is 3.00 bits per heavy atom. The molecule has 0 saturated carbocycles. The monoisotopic (exact) mass is 253 g/mol. The van der Waals surface area contributed by atoms with E-state index in [9.17, 15) is 4.79 Å². The first-order chi connectivity index (χ1) is 8.60. The molecule has 1 fully saturated rings. The molecule has 1 aliphatic rings. The van der Waals surface area contributed by atoms with Gasteiger partial charge in [0.2, 0.25) is 5.76 Å².